The quantitative estimate of drug-likeness (QED) is 0.686. The molecule has 1 heterocycles. The minimum absolute atomic E-state index is 0.240. The molecule has 0 spiro atoms. The minimum atomic E-state index is 0.240. The van der Waals surface area contributed by atoms with Gasteiger partial charge in [0.2, 0.25) is 5.91 Å². The van der Waals surface area contributed by atoms with Crippen LogP contribution in [0.25, 0.3) is 0 Å². The maximum atomic E-state index is 10.8. The van der Waals surface area contributed by atoms with Crippen LogP contribution in [0.15, 0.2) is 0 Å². The second-order valence-corrected chi connectivity index (χ2v) is 4.13. The molecule has 2 heteroatoms. The van der Waals surface area contributed by atoms with Crippen molar-refractivity contribution in [3.63, 3.8) is 0 Å². The van der Waals surface area contributed by atoms with E-state index in [9.17, 15) is 4.79 Å². The van der Waals surface area contributed by atoms with Crippen molar-refractivity contribution in [2.75, 3.05) is 0 Å². The summed E-state index contributed by atoms with van der Waals surface area (Å²) in [5.74, 6) is 1.03. The van der Waals surface area contributed by atoms with Crippen LogP contribution in [-0.2, 0) is 4.79 Å². The lowest BCUT2D eigenvalue weighted by Gasteiger charge is -2.10. The number of hydrogen-bond acceptors (Lipinski definition) is 1. The first-order chi connectivity index (χ1) is 5.68. The second-order valence-electron chi connectivity index (χ2n) is 4.13. The van der Waals surface area contributed by atoms with Crippen LogP contribution < -0.4 is 5.32 Å². The van der Waals surface area contributed by atoms with Crippen molar-refractivity contribution in [3.8, 4) is 0 Å². The summed E-state index contributed by atoms with van der Waals surface area (Å²) in [5, 5.41) is 2.99. The smallest absolute Gasteiger partial charge is 0.220 e. The molecule has 12 heavy (non-hydrogen) atoms. The fourth-order valence-corrected chi connectivity index (χ4v) is 1.67. The minimum Gasteiger partial charge on any atom is -0.353 e. The third-order valence-electron chi connectivity index (χ3n) is 2.42. The van der Waals surface area contributed by atoms with E-state index in [0.717, 1.165) is 18.8 Å². The van der Waals surface area contributed by atoms with Gasteiger partial charge in [0.15, 0.2) is 0 Å². The monoisotopic (exact) mass is 169 g/mol. The van der Waals surface area contributed by atoms with Crippen LogP contribution in [0, 0.1) is 5.92 Å². The molecule has 1 fully saturated rings. The molecule has 1 saturated heterocycles. The number of rotatable bonds is 4. The van der Waals surface area contributed by atoms with Gasteiger partial charge in [0, 0.05) is 12.5 Å². The second kappa shape index (κ2) is 4.48. The molecule has 0 bridgehead atoms. The lowest BCUT2D eigenvalue weighted by Crippen LogP contribution is -2.24. The number of hydrogen-bond donors (Lipinski definition) is 1. The lowest BCUT2D eigenvalue weighted by atomic mass is 10.0. The molecule has 0 radical (unpaired) electrons. The first-order valence-corrected chi connectivity index (χ1v) is 4.98. The molecular formula is C10H19NO. The fourth-order valence-electron chi connectivity index (χ4n) is 1.67. The molecule has 0 aliphatic carbocycles. The van der Waals surface area contributed by atoms with E-state index >= 15 is 0 Å². The van der Waals surface area contributed by atoms with E-state index in [1.165, 1.54) is 19.3 Å². The fraction of sp³-hybridized carbons (Fsp3) is 0.900. The Morgan fingerprint density at radius 1 is 1.58 bits per heavy atom. The topological polar surface area (TPSA) is 29.1 Å². The van der Waals surface area contributed by atoms with E-state index in [-0.39, 0.29) is 5.91 Å². The third-order valence-corrected chi connectivity index (χ3v) is 2.42. The van der Waals surface area contributed by atoms with E-state index in [1.807, 2.05) is 0 Å². The van der Waals surface area contributed by atoms with Crippen molar-refractivity contribution >= 4 is 5.91 Å². The average Bonchev–Trinajstić information content (AvgIpc) is 2.35. The molecule has 0 aromatic heterocycles. The number of amides is 1. The molecule has 1 aliphatic rings. The molecule has 2 nitrogen and oxygen atoms in total. The van der Waals surface area contributed by atoms with E-state index in [0.29, 0.717) is 6.04 Å². The highest BCUT2D eigenvalue weighted by atomic mass is 16.1. The molecule has 1 N–H and O–H groups in total. The maximum Gasteiger partial charge on any atom is 0.220 e. The van der Waals surface area contributed by atoms with Gasteiger partial charge in [-0.15, -0.1) is 0 Å². The molecule has 1 aliphatic heterocycles. The van der Waals surface area contributed by atoms with Gasteiger partial charge in [0.1, 0.15) is 0 Å². The van der Waals surface area contributed by atoms with Crippen LogP contribution in [0.1, 0.15) is 46.0 Å². The van der Waals surface area contributed by atoms with Gasteiger partial charge < -0.3 is 5.32 Å². The summed E-state index contributed by atoms with van der Waals surface area (Å²) < 4.78 is 0. The summed E-state index contributed by atoms with van der Waals surface area (Å²) >= 11 is 0. The molecule has 1 atom stereocenters. The van der Waals surface area contributed by atoms with Gasteiger partial charge in [-0.05, 0) is 18.8 Å². The number of carbonyl (C=O) groups is 1. The SMILES string of the molecule is CC(C)CCCC1CCC(=O)N1. The molecule has 1 rings (SSSR count). The van der Waals surface area contributed by atoms with Gasteiger partial charge in [0.05, 0.1) is 0 Å². The van der Waals surface area contributed by atoms with Crippen LogP contribution >= 0.6 is 0 Å². The molecule has 0 aromatic rings. The number of nitrogens with one attached hydrogen (secondary N) is 1. The third kappa shape index (κ3) is 3.24. The summed E-state index contributed by atoms with van der Waals surface area (Å²) in [6, 6.07) is 0.483. The average molecular weight is 169 g/mol. The van der Waals surface area contributed by atoms with Crippen LogP contribution in [0.5, 0.6) is 0 Å². The van der Waals surface area contributed by atoms with Gasteiger partial charge in [-0.25, -0.2) is 0 Å². The Labute approximate surface area is 74.7 Å². The maximum absolute atomic E-state index is 10.8. The predicted molar refractivity (Wildman–Crippen MR) is 49.9 cm³/mol. The summed E-state index contributed by atoms with van der Waals surface area (Å²) in [5.41, 5.74) is 0. The van der Waals surface area contributed by atoms with Gasteiger partial charge in [0.25, 0.3) is 0 Å². The number of carbonyl (C=O) groups excluding carboxylic acids is 1. The van der Waals surface area contributed by atoms with Crippen molar-refractivity contribution in [2.45, 2.75) is 52.0 Å². The van der Waals surface area contributed by atoms with Crippen LogP contribution in [0.2, 0.25) is 0 Å². The summed E-state index contributed by atoms with van der Waals surface area (Å²) in [6.07, 6.45) is 5.50. The van der Waals surface area contributed by atoms with E-state index in [2.05, 4.69) is 19.2 Å². The summed E-state index contributed by atoms with van der Waals surface area (Å²) in [7, 11) is 0. The van der Waals surface area contributed by atoms with E-state index in [1.54, 1.807) is 0 Å². The predicted octanol–water partition coefficient (Wildman–Crippen LogP) is 2.09. The highest BCUT2D eigenvalue weighted by Crippen LogP contribution is 2.15. The summed E-state index contributed by atoms with van der Waals surface area (Å²) in [4.78, 5) is 10.8. The first kappa shape index (κ1) is 9.56. The molecule has 1 amide bonds. The highest BCUT2D eigenvalue weighted by Gasteiger charge is 2.19. The van der Waals surface area contributed by atoms with Crippen LogP contribution in [0.3, 0.4) is 0 Å². The highest BCUT2D eigenvalue weighted by molar-refractivity contribution is 5.78. The largest absolute Gasteiger partial charge is 0.353 e. The van der Waals surface area contributed by atoms with Crippen molar-refractivity contribution in [2.24, 2.45) is 5.92 Å². The summed E-state index contributed by atoms with van der Waals surface area (Å²) in [6.45, 7) is 4.49. The lowest BCUT2D eigenvalue weighted by molar-refractivity contribution is -0.119. The zero-order valence-corrected chi connectivity index (χ0v) is 8.10. The van der Waals surface area contributed by atoms with Crippen LogP contribution in [0.4, 0.5) is 0 Å². The van der Waals surface area contributed by atoms with Gasteiger partial charge >= 0.3 is 0 Å². The Morgan fingerprint density at radius 3 is 2.83 bits per heavy atom. The molecular weight excluding hydrogens is 150 g/mol. The van der Waals surface area contributed by atoms with Gasteiger partial charge in [-0.1, -0.05) is 26.7 Å². The Hall–Kier alpha value is -0.530. The van der Waals surface area contributed by atoms with Crippen molar-refractivity contribution in [1.82, 2.24) is 5.32 Å². The zero-order valence-electron chi connectivity index (χ0n) is 8.10. The molecule has 70 valence electrons. The molecule has 1 unspecified atom stereocenters. The van der Waals surface area contributed by atoms with Gasteiger partial charge in [-0.3, -0.25) is 4.79 Å². The molecule has 0 aromatic carbocycles. The van der Waals surface area contributed by atoms with Crippen molar-refractivity contribution in [1.29, 1.82) is 0 Å². The van der Waals surface area contributed by atoms with Crippen molar-refractivity contribution < 1.29 is 4.79 Å². The van der Waals surface area contributed by atoms with Crippen LogP contribution in [-0.4, -0.2) is 11.9 Å². The van der Waals surface area contributed by atoms with E-state index < -0.39 is 0 Å². The van der Waals surface area contributed by atoms with Crippen molar-refractivity contribution in [3.05, 3.63) is 0 Å². The van der Waals surface area contributed by atoms with Gasteiger partial charge in [-0.2, -0.15) is 0 Å². The van der Waals surface area contributed by atoms with E-state index in [4.69, 9.17) is 0 Å². The Balaban J connectivity index is 2.04. The Kier molecular flexibility index (Phi) is 3.57. The first-order valence-electron chi connectivity index (χ1n) is 4.98. The normalized spacial score (nSPS) is 23.2. The Morgan fingerprint density at radius 2 is 2.33 bits per heavy atom. The molecule has 0 saturated carbocycles. The zero-order chi connectivity index (χ0) is 8.97. The standard InChI is InChI=1S/C10H19NO/c1-8(2)4-3-5-9-6-7-10(12)11-9/h8-9H,3-7H2,1-2H3,(H,11,12). The Bertz CT molecular complexity index is 154.